The van der Waals surface area contributed by atoms with E-state index in [2.05, 4.69) is 10.1 Å². The molecule has 0 spiro atoms. The first kappa shape index (κ1) is 22.8. The minimum absolute atomic E-state index is 0.187. The smallest absolute Gasteiger partial charge is 0.399 e. The van der Waals surface area contributed by atoms with Crippen molar-refractivity contribution in [2.75, 3.05) is 0 Å². The molecular formula is C24H27BN4O4S. The molecule has 1 aliphatic heterocycles. The molecule has 5 rings (SSSR count). The fraction of sp³-hybridized carbons (Fsp3) is 0.333. The summed E-state index contributed by atoms with van der Waals surface area (Å²) in [5.74, 6) is 0. The van der Waals surface area contributed by atoms with Crippen LogP contribution in [0.5, 0.6) is 0 Å². The maximum absolute atomic E-state index is 13.8. The van der Waals surface area contributed by atoms with Gasteiger partial charge in [-0.1, -0.05) is 18.2 Å². The van der Waals surface area contributed by atoms with Crippen molar-refractivity contribution in [2.24, 2.45) is 7.05 Å². The van der Waals surface area contributed by atoms with Crippen LogP contribution in [0.4, 0.5) is 0 Å². The zero-order valence-electron chi connectivity index (χ0n) is 20.1. The first-order chi connectivity index (χ1) is 15.9. The lowest BCUT2D eigenvalue weighted by Gasteiger charge is -2.32. The van der Waals surface area contributed by atoms with Crippen LogP contribution in [-0.2, 0) is 26.4 Å². The first-order valence-corrected chi connectivity index (χ1v) is 12.5. The average molecular weight is 478 g/mol. The Kier molecular flexibility index (Phi) is 5.05. The van der Waals surface area contributed by atoms with Gasteiger partial charge in [0.1, 0.15) is 0 Å². The fourth-order valence-electron chi connectivity index (χ4n) is 4.17. The summed E-state index contributed by atoms with van der Waals surface area (Å²) in [6.45, 7) is 9.82. The number of hydrogen-bond donors (Lipinski definition) is 0. The summed E-state index contributed by atoms with van der Waals surface area (Å²) in [7, 11) is -2.71. The molecule has 1 aromatic carbocycles. The molecule has 0 radical (unpaired) electrons. The van der Waals surface area contributed by atoms with Gasteiger partial charge in [-0.3, -0.25) is 4.68 Å². The highest BCUT2D eigenvalue weighted by Crippen LogP contribution is 2.37. The second kappa shape index (κ2) is 7.53. The highest BCUT2D eigenvalue weighted by atomic mass is 32.2. The molecule has 0 saturated carbocycles. The molecule has 0 aliphatic carbocycles. The van der Waals surface area contributed by atoms with Crippen molar-refractivity contribution >= 4 is 33.6 Å². The Labute approximate surface area is 199 Å². The van der Waals surface area contributed by atoms with Gasteiger partial charge in [0.05, 0.1) is 27.5 Å². The molecule has 0 bridgehead atoms. The van der Waals surface area contributed by atoms with Gasteiger partial charge in [-0.25, -0.2) is 17.4 Å². The van der Waals surface area contributed by atoms with Gasteiger partial charge in [0.15, 0.2) is 5.65 Å². The van der Waals surface area contributed by atoms with Gasteiger partial charge in [-0.2, -0.15) is 5.10 Å². The van der Waals surface area contributed by atoms with Crippen molar-refractivity contribution in [3.63, 3.8) is 0 Å². The van der Waals surface area contributed by atoms with Crippen molar-refractivity contribution < 1.29 is 17.7 Å². The van der Waals surface area contributed by atoms with E-state index in [0.717, 1.165) is 16.7 Å². The Bertz CT molecular complexity index is 1490. The summed E-state index contributed by atoms with van der Waals surface area (Å²) in [6.07, 6.45) is 3.44. The summed E-state index contributed by atoms with van der Waals surface area (Å²) < 4.78 is 42.9. The Morgan fingerprint density at radius 2 is 1.65 bits per heavy atom. The van der Waals surface area contributed by atoms with Gasteiger partial charge in [0, 0.05) is 35.9 Å². The molecular weight excluding hydrogens is 451 g/mol. The Morgan fingerprint density at radius 3 is 2.24 bits per heavy atom. The second-order valence-corrected chi connectivity index (χ2v) is 11.5. The van der Waals surface area contributed by atoms with Crippen LogP contribution in [0.15, 0.2) is 59.8 Å². The summed E-state index contributed by atoms with van der Waals surface area (Å²) in [5, 5.41) is 5.09. The minimum Gasteiger partial charge on any atom is -0.399 e. The standard InChI is InChI=1S/C24H27BN4O4S/c1-16-20(15-28(6)27-16)21-13-17-12-18(25-32-23(2,3)24(4,5)33-25)14-26-22(17)29(21)34(30,31)19-10-8-7-9-11-19/h7-15H,1-6H3. The molecule has 34 heavy (non-hydrogen) atoms. The van der Waals surface area contributed by atoms with Crippen LogP contribution in [-0.4, -0.2) is 45.5 Å². The van der Waals surface area contributed by atoms with Crippen molar-refractivity contribution in [3.8, 4) is 11.3 Å². The molecule has 0 atom stereocenters. The number of aryl methyl sites for hydroxylation is 2. The van der Waals surface area contributed by atoms with Gasteiger partial charge in [0.2, 0.25) is 0 Å². The molecule has 8 nitrogen and oxygen atoms in total. The van der Waals surface area contributed by atoms with E-state index in [4.69, 9.17) is 9.31 Å². The van der Waals surface area contributed by atoms with E-state index in [0.29, 0.717) is 16.7 Å². The molecule has 176 valence electrons. The number of hydrogen-bond acceptors (Lipinski definition) is 6. The van der Waals surface area contributed by atoms with E-state index in [1.165, 1.54) is 3.97 Å². The topological polar surface area (TPSA) is 88.2 Å². The van der Waals surface area contributed by atoms with Gasteiger partial charge in [-0.05, 0) is 58.9 Å². The van der Waals surface area contributed by atoms with Gasteiger partial charge < -0.3 is 9.31 Å². The largest absolute Gasteiger partial charge is 0.496 e. The van der Waals surface area contributed by atoms with Crippen LogP contribution in [0.3, 0.4) is 0 Å². The predicted molar refractivity (Wildman–Crippen MR) is 131 cm³/mol. The molecule has 10 heteroatoms. The quantitative estimate of drug-likeness (QED) is 0.419. The lowest BCUT2D eigenvalue weighted by Crippen LogP contribution is -2.41. The van der Waals surface area contributed by atoms with E-state index in [1.807, 2.05) is 60.0 Å². The lowest BCUT2D eigenvalue weighted by molar-refractivity contribution is 0.00578. The maximum Gasteiger partial charge on any atom is 0.496 e. The summed E-state index contributed by atoms with van der Waals surface area (Å²) >= 11 is 0. The molecule has 0 amide bonds. The van der Waals surface area contributed by atoms with Crippen LogP contribution < -0.4 is 5.46 Å². The highest BCUT2D eigenvalue weighted by molar-refractivity contribution is 7.90. The van der Waals surface area contributed by atoms with Crippen LogP contribution in [0.1, 0.15) is 33.4 Å². The zero-order chi connectivity index (χ0) is 24.5. The Hall–Kier alpha value is -2.95. The number of aromatic nitrogens is 4. The molecule has 0 N–H and O–H groups in total. The molecule has 1 saturated heterocycles. The third kappa shape index (κ3) is 3.48. The van der Waals surface area contributed by atoms with E-state index >= 15 is 0 Å². The molecule has 4 heterocycles. The van der Waals surface area contributed by atoms with Crippen molar-refractivity contribution in [3.05, 3.63) is 60.6 Å². The molecule has 0 unspecified atom stereocenters. The van der Waals surface area contributed by atoms with E-state index in [9.17, 15) is 8.42 Å². The fourth-order valence-corrected chi connectivity index (χ4v) is 5.68. The first-order valence-electron chi connectivity index (χ1n) is 11.1. The minimum atomic E-state index is -3.92. The Morgan fingerprint density at radius 1 is 1.00 bits per heavy atom. The SMILES string of the molecule is Cc1nn(C)cc1-c1cc2cc(B3OC(C)(C)C(C)(C)O3)cnc2n1S(=O)(=O)c1ccccc1. The van der Waals surface area contributed by atoms with Crippen LogP contribution in [0, 0.1) is 6.92 Å². The summed E-state index contributed by atoms with van der Waals surface area (Å²) in [6, 6.07) is 12.1. The van der Waals surface area contributed by atoms with Crippen molar-refractivity contribution in [1.82, 2.24) is 18.7 Å². The van der Waals surface area contributed by atoms with Gasteiger partial charge in [0.25, 0.3) is 10.0 Å². The third-order valence-corrected chi connectivity index (χ3v) is 8.43. The normalized spacial score (nSPS) is 17.5. The number of rotatable bonds is 4. The maximum atomic E-state index is 13.8. The van der Waals surface area contributed by atoms with Crippen LogP contribution >= 0.6 is 0 Å². The van der Waals surface area contributed by atoms with Gasteiger partial charge in [-0.15, -0.1) is 0 Å². The summed E-state index contributed by atoms with van der Waals surface area (Å²) in [5.41, 5.74) is 2.03. The van der Waals surface area contributed by atoms with Crippen LogP contribution in [0.2, 0.25) is 0 Å². The number of nitrogens with zero attached hydrogens (tertiary/aromatic N) is 4. The third-order valence-electron chi connectivity index (χ3n) is 6.72. The lowest BCUT2D eigenvalue weighted by atomic mass is 9.80. The molecule has 3 aromatic heterocycles. The molecule has 1 fully saturated rings. The Balaban J connectivity index is 1.72. The summed E-state index contributed by atoms with van der Waals surface area (Å²) in [4.78, 5) is 4.78. The zero-order valence-corrected chi connectivity index (χ0v) is 20.9. The van der Waals surface area contributed by atoms with E-state index in [-0.39, 0.29) is 4.90 Å². The predicted octanol–water partition coefficient (Wildman–Crippen LogP) is 3.28. The number of fused-ring (bicyclic) bond motifs is 1. The van der Waals surface area contributed by atoms with Crippen molar-refractivity contribution in [1.29, 1.82) is 0 Å². The van der Waals surface area contributed by atoms with E-state index in [1.54, 1.807) is 41.2 Å². The van der Waals surface area contributed by atoms with Crippen LogP contribution in [0.25, 0.3) is 22.3 Å². The molecule has 4 aromatic rings. The highest BCUT2D eigenvalue weighted by Gasteiger charge is 2.52. The van der Waals surface area contributed by atoms with E-state index < -0.39 is 28.3 Å². The number of pyridine rings is 1. The second-order valence-electron chi connectivity index (χ2n) is 9.68. The van der Waals surface area contributed by atoms with Gasteiger partial charge >= 0.3 is 7.12 Å². The van der Waals surface area contributed by atoms with Crippen molar-refractivity contribution in [2.45, 2.75) is 50.7 Å². The number of benzene rings is 1. The monoisotopic (exact) mass is 478 g/mol. The molecule has 1 aliphatic rings. The average Bonchev–Trinajstić information content (AvgIpc) is 3.38.